The first kappa shape index (κ1) is 15.9. The van der Waals surface area contributed by atoms with E-state index in [-0.39, 0.29) is 0 Å². The van der Waals surface area contributed by atoms with Crippen molar-refractivity contribution in [3.05, 3.63) is 0 Å². The summed E-state index contributed by atoms with van der Waals surface area (Å²) in [5.74, 6) is 0. The third-order valence-corrected chi connectivity index (χ3v) is 4.00. The lowest BCUT2D eigenvalue weighted by atomic mass is 9.96. The van der Waals surface area contributed by atoms with E-state index >= 15 is 0 Å². The zero-order valence-corrected chi connectivity index (χ0v) is 12.6. The number of ether oxygens (including phenoxy) is 1. The van der Waals surface area contributed by atoms with Gasteiger partial charge in [-0.25, -0.2) is 0 Å². The van der Waals surface area contributed by atoms with E-state index in [1.165, 1.54) is 38.6 Å². The highest BCUT2D eigenvalue weighted by Crippen LogP contribution is 2.22. The first-order chi connectivity index (χ1) is 8.79. The second kappa shape index (κ2) is 9.76. The highest BCUT2D eigenvalue weighted by atomic mass is 16.5. The minimum atomic E-state index is 0.671. The van der Waals surface area contributed by atoms with Crippen LogP contribution in [-0.2, 0) is 4.74 Å². The molecule has 0 amide bonds. The van der Waals surface area contributed by atoms with Gasteiger partial charge in [-0.2, -0.15) is 0 Å². The molecule has 108 valence electrons. The first-order valence-electron chi connectivity index (χ1n) is 7.75. The number of nitrogens with zero attached hydrogens (tertiary/aromatic N) is 1. The van der Waals surface area contributed by atoms with E-state index in [0.29, 0.717) is 6.04 Å². The van der Waals surface area contributed by atoms with Crippen molar-refractivity contribution in [3.8, 4) is 0 Å². The molecule has 3 heteroatoms. The van der Waals surface area contributed by atoms with E-state index in [0.717, 1.165) is 32.2 Å². The zero-order chi connectivity index (χ0) is 13.2. The molecular weight excluding hydrogens is 224 g/mol. The standard InChI is InChI=1S/C15H32N2O/c1-4-8-15-9-5-6-11-17(15)14(2)13-16-10-7-12-18-3/h14-16H,4-13H2,1-3H3. The average molecular weight is 256 g/mol. The number of likely N-dealkylation sites (tertiary alicyclic amines) is 1. The van der Waals surface area contributed by atoms with Crippen LogP contribution < -0.4 is 5.32 Å². The summed E-state index contributed by atoms with van der Waals surface area (Å²) in [6.07, 6.45) is 8.01. The van der Waals surface area contributed by atoms with E-state index in [1.54, 1.807) is 7.11 Å². The first-order valence-corrected chi connectivity index (χ1v) is 7.75. The molecule has 1 aliphatic heterocycles. The smallest absolute Gasteiger partial charge is 0.0474 e. The lowest BCUT2D eigenvalue weighted by molar-refractivity contribution is 0.0952. The Bertz CT molecular complexity index is 197. The normalized spacial score (nSPS) is 23.2. The quantitative estimate of drug-likeness (QED) is 0.642. The molecule has 0 aromatic rings. The molecule has 0 radical (unpaired) electrons. The molecule has 0 bridgehead atoms. The largest absolute Gasteiger partial charge is 0.385 e. The van der Waals surface area contributed by atoms with Crippen LogP contribution in [0.2, 0.25) is 0 Å². The van der Waals surface area contributed by atoms with Gasteiger partial charge in [0.25, 0.3) is 0 Å². The van der Waals surface area contributed by atoms with Gasteiger partial charge in [0.05, 0.1) is 0 Å². The fraction of sp³-hybridized carbons (Fsp3) is 1.00. The summed E-state index contributed by atoms with van der Waals surface area (Å²) in [6, 6.07) is 1.50. The number of hydrogen-bond acceptors (Lipinski definition) is 3. The Morgan fingerprint density at radius 1 is 1.39 bits per heavy atom. The summed E-state index contributed by atoms with van der Waals surface area (Å²) in [4.78, 5) is 2.73. The summed E-state index contributed by atoms with van der Waals surface area (Å²) < 4.78 is 5.06. The van der Waals surface area contributed by atoms with Crippen LogP contribution in [0.3, 0.4) is 0 Å². The van der Waals surface area contributed by atoms with Crippen molar-refractivity contribution in [3.63, 3.8) is 0 Å². The summed E-state index contributed by atoms with van der Waals surface area (Å²) in [5.41, 5.74) is 0. The summed E-state index contributed by atoms with van der Waals surface area (Å²) in [7, 11) is 1.77. The minimum absolute atomic E-state index is 0.671. The van der Waals surface area contributed by atoms with Crippen molar-refractivity contribution < 1.29 is 4.74 Å². The summed E-state index contributed by atoms with van der Waals surface area (Å²) >= 11 is 0. The number of hydrogen-bond donors (Lipinski definition) is 1. The Hall–Kier alpha value is -0.120. The van der Waals surface area contributed by atoms with Crippen LogP contribution in [0.15, 0.2) is 0 Å². The van der Waals surface area contributed by atoms with Gasteiger partial charge in [0.1, 0.15) is 0 Å². The lowest BCUT2D eigenvalue weighted by Gasteiger charge is -2.40. The van der Waals surface area contributed by atoms with Gasteiger partial charge >= 0.3 is 0 Å². The molecule has 18 heavy (non-hydrogen) atoms. The third kappa shape index (κ3) is 5.68. The Morgan fingerprint density at radius 3 is 2.94 bits per heavy atom. The van der Waals surface area contributed by atoms with E-state index in [4.69, 9.17) is 4.74 Å². The second-order valence-electron chi connectivity index (χ2n) is 5.58. The maximum Gasteiger partial charge on any atom is 0.0474 e. The molecule has 1 heterocycles. The number of nitrogens with one attached hydrogen (secondary N) is 1. The topological polar surface area (TPSA) is 24.5 Å². The van der Waals surface area contributed by atoms with Gasteiger partial charge in [-0.3, -0.25) is 4.90 Å². The van der Waals surface area contributed by atoms with Gasteiger partial charge in [-0.15, -0.1) is 0 Å². The number of piperidine rings is 1. The van der Waals surface area contributed by atoms with Crippen molar-refractivity contribution in [1.82, 2.24) is 10.2 Å². The molecule has 1 fully saturated rings. The van der Waals surface area contributed by atoms with Crippen LogP contribution in [0.4, 0.5) is 0 Å². The molecule has 0 spiro atoms. The van der Waals surface area contributed by atoms with Crippen LogP contribution in [0.5, 0.6) is 0 Å². The highest BCUT2D eigenvalue weighted by Gasteiger charge is 2.25. The Kier molecular flexibility index (Phi) is 8.64. The molecule has 0 aromatic heterocycles. The van der Waals surface area contributed by atoms with Crippen molar-refractivity contribution in [2.45, 2.75) is 64.5 Å². The third-order valence-electron chi connectivity index (χ3n) is 4.00. The fourth-order valence-corrected chi connectivity index (χ4v) is 3.02. The molecular formula is C15H32N2O. The number of rotatable bonds is 9. The van der Waals surface area contributed by atoms with Gasteiger partial charge in [0.15, 0.2) is 0 Å². The van der Waals surface area contributed by atoms with Crippen LogP contribution in [-0.4, -0.2) is 50.3 Å². The molecule has 1 aliphatic rings. The predicted molar refractivity (Wildman–Crippen MR) is 78.1 cm³/mol. The summed E-state index contributed by atoms with van der Waals surface area (Å²) in [6.45, 7) is 9.03. The highest BCUT2D eigenvalue weighted by molar-refractivity contribution is 4.81. The van der Waals surface area contributed by atoms with E-state index in [9.17, 15) is 0 Å². The van der Waals surface area contributed by atoms with Gasteiger partial charge in [0.2, 0.25) is 0 Å². The van der Waals surface area contributed by atoms with E-state index in [1.807, 2.05) is 0 Å². The van der Waals surface area contributed by atoms with E-state index in [2.05, 4.69) is 24.1 Å². The van der Waals surface area contributed by atoms with Crippen molar-refractivity contribution >= 4 is 0 Å². The zero-order valence-electron chi connectivity index (χ0n) is 12.6. The van der Waals surface area contributed by atoms with Gasteiger partial charge < -0.3 is 10.1 Å². The van der Waals surface area contributed by atoms with Crippen LogP contribution in [0.25, 0.3) is 0 Å². The van der Waals surface area contributed by atoms with Crippen LogP contribution in [0, 0.1) is 0 Å². The minimum Gasteiger partial charge on any atom is -0.385 e. The molecule has 1 saturated heterocycles. The maximum atomic E-state index is 5.06. The molecule has 0 saturated carbocycles. The Morgan fingerprint density at radius 2 is 2.22 bits per heavy atom. The Balaban J connectivity index is 2.22. The molecule has 1 N–H and O–H groups in total. The molecule has 0 aromatic carbocycles. The van der Waals surface area contributed by atoms with Crippen LogP contribution in [0.1, 0.15) is 52.4 Å². The van der Waals surface area contributed by atoms with Gasteiger partial charge in [-0.05, 0) is 45.7 Å². The Labute approximate surface area is 113 Å². The molecule has 2 unspecified atom stereocenters. The monoisotopic (exact) mass is 256 g/mol. The van der Waals surface area contributed by atoms with Crippen molar-refractivity contribution in [2.24, 2.45) is 0 Å². The van der Waals surface area contributed by atoms with Crippen molar-refractivity contribution in [1.29, 1.82) is 0 Å². The molecule has 1 rings (SSSR count). The average Bonchev–Trinajstić information content (AvgIpc) is 2.39. The maximum absolute atomic E-state index is 5.06. The van der Waals surface area contributed by atoms with Crippen LogP contribution >= 0.6 is 0 Å². The van der Waals surface area contributed by atoms with Gasteiger partial charge in [-0.1, -0.05) is 19.8 Å². The molecule has 0 aliphatic carbocycles. The molecule has 2 atom stereocenters. The van der Waals surface area contributed by atoms with Crippen molar-refractivity contribution in [2.75, 3.05) is 33.4 Å². The van der Waals surface area contributed by atoms with Gasteiger partial charge in [0, 0.05) is 32.3 Å². The number of methoxy groups -OCH3 is 1. The fourth-order valence-electron chi connectivity index (χ4n) is 3.02. The predicted octanol–water partition coefficient (Wildman–Crippen LogP) is 2.66. The summed E-state index contributed by atoms with van der Waals surface area (Å²) in [5, 5.41) is 3.56. The van der Waals surface area contributed by atoms with E-state index < -0.39 is 0 Å². The molecule has 3 nitrogen and oxygen atoms in total. The second-order valence-corrected chi connectivity index (χ2v) is 5.58. The SMILES string of the molecule is CCCC1CCCCN1C(C)CNCCCOC. The lowest BCUT2D eigenvalue weighted by Crippen LogP contribution is -2.48.